The smallest absolute Gasteiger partial charge is 0.273 e. The van der Waals surface area contributed by atoms with E-state index >= 15 is 0 Å². The number of thiazole rings is 1. The van der Waals surface area contributed by atoms with E-state index in [4.69, 9.17) is 4.74 Å². The molecule has 7 nitrogen and oxygen atoms in total. The minimum Gasteiger partial charge on any atom is -0.465 e. The molecule has 1 aromatic heterocycles. The lowest BCUT2D eigenvalue weighted by Crippen LogP contribution is -2.31. The van der Waals surface area contributed by atoms with Crippen LogP contribution in [0.2, 0.25) is 0 Å². The number of likely N-dealkylation sites (tertiary alicyclic amines) is 1. The van der Waals surface area contributed by atoms with Crippen molar-refractivity contribution < 1.29 is 17.9 Å². The topological polar surface area (TPSA) is 79.8 Å². The van der Waals surface area contributed by atoms with Crippen molar-refractivity contribution in [3.63, 3.8) is 0 Å². The molecule has 25 heavy (non-hydrogen) atoms. The van der Waals surface area contributed by atoms with Gasteiger partial charge in [-0.15, -0.1) is 0 Å². The Bertz CT molecular complexity index is 833. The number of aromatic nitrogens is 1. The first-order valence-corrected chi connectivity index (χ1v) is 10.1. The third kappa shape index (κ3) is 3.83. The first kappa shape index (κ1) is 17.8. The molecule has 2 aromatic rings. The molecular weight excluding hydrogens is 362 g/mol. The number of rotatable bonds is 5. The SMILES string of the molecule is CN(C)S(=O)(=O)c1ccc(C(=O)N2CCC(Oc3nccs3)C2)cc1. The minimum absolute atomic E-state index is 0.0662. The van der Waals surface area contributed by atoms with Crippen LogP contribution in [0.25, 0.3) is 0 Å². The normalized spacial score (nSPS) is 17.9. The van der Waals surface area contributed by atoms with Crippen molar-refractivity contribution >= 4 is 27.3 Å². The van der Waals surface area contributed by atoms with E-state index in [2.05, 4.69) is 4.98 Å². The van der Waals surface area contributed by atoms with E-state index in [1.165, 1.54) is 37.6 Å². The van der Waals surface area contributed by atoms with Gasteiger partial charge in [0.15, 0.2) is 0 Å². The lowest BCUT2D eigenvalue weighted by atomic mass is 10.2. The highest BCUT2D eigenvalue weighted by Crippen LogP contribution is 2.22. The molecule has 1 amide bonds. The van der Waals surface area contributed by atoms with E-state index in [0.717, 1.165) is 10.7 Å². The van der Waals surface area contributed by atoms with Gasteiger partial charge in [0.05, 0.1) is 11.4 Å². The Hall–Kier alpha value is -1.97. The number of sulfonamides is 1. The van der Waals surface area contributed by atoms with E-state index in [1.807, 2.05) is 5.38 Å². The van der Waals surface area contributed by atoms with Crippen molar-refractivity contribution in [2.45, 2.75) is 17.4 Å². The van der Waals surface area contributed by atoms with Crippen LogP contribution in [-0.2, 0) is 10.0 Å². The molecule has 1 saturated heterocycles. The van der Waals surface area contributed by atoms with Crippen LogP contribution in [0.15, 0.2) is 40.7 Å². The summed E-state index contributed by atoms with van der Waals surface area (Å²) in [4.78, 5) is 18.6. The fraction of sp³-hybridized carbons (Fsp3) is 0.375. The first-order chi connectivity index (χ1) is 11.9. The van der Waals surface area contributed by atoms with Crippen molar-refractivity contribution in [1.82, 2.24) is 14.2 Å². The van der Waals surface area contributed by atoms with Gasteiger partial charge in [0.25, 0.3) is 11.1 Å². The van der Waals surface area contributed by atoms with Crippen molar-refractivity contribution in [3.8, 4) is 5.19 Å². The molecule has 0 N–H and O–H groups in total. The third-order valence-electron chi connectivity index (χ3n) is 3.99. The number of carbonyl (C=O) groups is 1. The number of carbonyl (C=O) groups excluding carboxylic acids is 1. The molecule has 1 aliphatic heterocycles. The summed E-state index contributed by atoms with van der Waals surface area (Å²) >= 11 is 1.42. The molecule has 1 fully saturated rings. The molecule has 1 aliphatic rings. The monoisotopic (exact) mass is 381 g/mol. The maximum Gasteiger partial charge on any atom is 0.273 e. The van der Waals surface area contributed by atoms with E-state index in [0.29, 0.717) is 23.8 Å². The summed E-state index contributed by atoms with van der Waals surface area (Å²) in [6.45, 7) is 1.10. The molecule has 0 bridgehead atoms. The zero-order valence-electron chi connectivity index (χ0n) is 14.0. The lowest BCUT2D eigenvalue weighted by molar-refractivity contribution is 0.0772. The third-order valence-corrected chi connectivity index (χ3v) is 6.48. The van der Waals surface area contributed by atoms with Crippen LogP contribution in [0.4, 0.5) is 0 Å². The summed E-state index contributed by atoms with van der Waals surface area (Å²) in [5, 5.41) is 2.45. The molecule has 1 aromatic carbocycles. The average molecular weight is 381 g/mol. The summed E-state index contributed by atoms with van der Waals surface area (Å²) in [7, 11) is -0.547. The Morgan fingerprint density at radius 2 is 2.04 bits per heavy atom. The van der Waals surface area contributed by atoms with Gasteiger partial charge in [-0.3, -0.25) is 4.79 Å². The van der Waals surface area contributed by atoms with Crippen molar-refractivity contribution in [2.75, 3.05) is 27.2 Å². The molecular formula is C16H19N3O4S2. The van der Waals surface area contributed by atoms with Gasteiger partial charge in [0.1, 0.15) is 6.10 Å². The second-order valence-corrected chi connectivity index (χ2v) is 8.90. The Labute approximate surface area is 150 Å². The van der Waals surface area contributed by atoms with Crippen LogP contribution >= 0.6 is 11.3 Å². The average Bonchev–Trinajstić information content (AvgIpc) is 3.26. The molecule has 134 valence electrons. The highest BCUT2D eigenvalue weighted by molar-refractivity contribution is 7.89. The van der Waals surface area contributed by atoms with E-state index in [-0.39, 0.29) is 16.9 Å². The highest BCUT2D eigenvalue weighted by Gasteiger charge is 2.29. The summed E-state index contributed by atoms with van der Waals surface area (Å²) in [5.74, 6) is -0.126. The van der Waals surface area contributed by atoms with E-state index < -0.39 is 10.0 Å². The largest absolute Gasteiger partial charge is 0.465 e. The number of hydrogen-bond donors (Lipinski definition) is 0. The molecule has 0 aliphatic carbocycles. The quantitative estimate of drug-likeness (QED) is 0.787. The standard InChI is InChI=1S/C16H19N3O4S2/c1-18(2)25(21,22)14-5-3-12(4-6-14)15(20)19-9-7-13(11-19)23-16-17-8-10-24-16/h3-6,8,10,13H,7,9,11H2,1-2H3. The minimum atomic E-state index is -3.49. The second kappa shape index (κ2) is 7.11. The van der Waals surface area contributed by atoms with Crippen molar-refractivity contribution in [1.29, 1.82) is 0 Å². The molecule has 1 atom stereocenters. The Morgan fingerprint density at radius 1 is 1.32 bits per heavy atom. The highest BCUT2D eigenvalue weighted by atomic mass is 32.2. The Morgan fingerprint density at radius 3 is 2.64 bits per heavy atom. The Kier molecular flexibility index (Phi) is 5.07. The van der Waals surface area contributed by atoms with E-state index in [9.17, 15) is 13.2 Å². The molecule has 0 saturated carbocycles. The van der Waals surface area contributed by atoms with Crippen molar-refractivity contribution in [3.05, 3.63) is 41.4 Å². The van der Waals surface area contributed by atoms with Crippen molar-refractivity contribution in [2.24, 2.45) is 0 Å². The fourth-order valence-electron chi connectivity index (χ4n) is 2.58. The summed E-state index contributed by atoms with van der Waals surface area (Å²) in [6.07, 6.45) is 2.36. The van der Waals surface area contributed by atoms with Crippen LogP contribution in [-0.4, -0.2) is 61.8 Å². The van der Waals surface area contributed by atoms with Gasteiger partial charge >= 0.3 is 0 Å². The zero-order valence-corrected chi connectivity index (χ0v) is 15.6. The number of ether oxygens (including phenoxy) is 1. The predicted octanol–water partition coefficient (Wildman–Crippen LogP) is 1.69. The number of hydrogen-bond acceptors (Lipinski definition) is 6. The van der Waals surface area contributed by atoms with Crippen LogP contribution in [0.1, 0.15) is 16.8 Å². The van der Waals surface area contributed by atoms with E-state index in [1.54, 1.807) is 23.2 Å². The number of amides is 1. The van der Waals surface area contributed by atoms with Gasteiger partial charge in [-0.2, -0.15) is 0 Å². The fourth-order valence-corrected chi connectivity index (χ4v) is 4.04. The van der Waals surface area contributed by atoms with Gasteiger partial charge in [-0.05, 0) is 24.3 Å². The zero-order chi connectivity index (χ0) is 18.0. The Balaban J connectivity index is 1.65. The van der Waals surface area contributed by atoms with Crippen LogP contribution in [0, 0.1) is 0 Å². The van der Waals surface area contributed by atoms with Gasteiger partial charge in [-0.1, -0.05) is 11.3 Å². The van der Waals surface area contributed by atoms with Crippen LogP contribution in [0.5, 0.6) is 5.19 Å². The summed E-state index contributed by atoms with van der Waals surface area (Å²) < 4.78 is 31.0. The predicted molar refractivity (Wildman–Crippen MR) is 94.4 cm³/mol. The summed E-state index contributed by atoms with van der Waals surface area (Å²) in [6, 6.07) is 6.02. The van der Waals surface area contributed by atoms with Gasteiger partial charge in [0.2, 0.25) is 10.0 Å². The summed E-state index contributed by atoms with van der Waals surface area (Å²) in [5.41, 5.74) is 0.465. The van der Waals surface area contributed by atoms with Gasteiger partial charge in [0, 0.05) is 44.2 Å². The van der Waals surface area contributed by atoms with Crippen LogP contribution in [0.3, 0.4) is 0 Å². The molecule has 2 heterocycles. The molecule has 0 radical (unpaired) electrons. The maximum atomic E-state index is 12.6. The molecule has 9 heteroatoms. The lowest BCUT2D eigenvalue weighted by Gasteiger charge is -2.17. The van der Waals surface area contributed by atoms with Gasteiger partial charge in [-0.25, -0.2) is 17.7 Å². The number of benzene rings is 1. The molecule has 0 spiro atoms. The van der Waals surface area contributed by atoms with Gasteiger partial charge < -0.3 is 9.64 Å². The molecule has 1 unspecified atom stereocenters. The first-order valence-electron chi connectivity index (χ1n) is 7.76. The number of nitrogens with zero attached hydrogens (tertiary/aromatic N) is 3. The molecule has 3 rings (SSSR count). The second-order valence-electron chi connectivity index (χ2n) is 5.89. The maximum absolute atomic E-state index is 12.6. The van der Waals surface area contributed by atoms with Crippen LogP contribution < -0.4 is 4.74 Å².